The topological polar surface area (TPSA) is 93.2 Å². The minimum Gasteiger partial charge on any atom is -0.449 e. The van der Waals surface area contributed by atoms with Crippen LogP contribution in [0.4, 0.5) is 0 Å². The molecule has 0 aliphatic heterocycles. The van der Waals surface area contributed by atoms with Gasteiger partial charge in [-0.15, -0.1) is 0 Å². The predicted octanol–water partition coefficient (Wildman–Crippen LogP) is 1.53. The van der Waals surface area contributed by atoms with Crippen LogP contribution in [0.5, 0.6) is 0 Å². The van der Waals surface area contributed by atoms with Crippen molar-refractivity contribution < 1.29 is 28.7 Å². The molecule has 0 saturated carbocycles. The summed E-state index contributed by atoms with van der Waals surface area (Å²) < 4.78 is 10.2. The summed E-state index contributed by atoms with van der Waals surface area (Å²) >= 11 is 0. The van der Waals surface area contributed by atoms with Gasteiger partial charge in [0, 0.05) is 37.8 Å². The molecule has 0 heterocycles. The van der Waals surface area contributed by atoms with Gasteiger partial charge in [-0.1, -0.05) is 0 Å². The van der Waals surface area contributed by atoms with E-state index in [1.807, 2.05) is 27.7 Å². The van der Waals surface area contributed by atoms with Crippen molar-refractivity contribution in [3.63, 3.8) is 0 Å². The Morgan fingerprint density at radius 2 is 1.15 bits per heavy atom. The molecule has 0 aromatic rings. The summed E-state index contributed by atoms with van der Waals surface area (Å²) in [5.74, 6) is -2.22. The molecule has 0 unspecified atom stereocenters. The molecule has 0 N–H and O–H groups in total. The molecule has 27 heavy (non-hydrogen) atoms. The number of likely N-dealkylation sites (N-methyl/N-ethyl adjacent to an activating group) is 2. The van der Waals surface area contributed by atoms with E-state index in [9.17, 15) is 19.2 Å². The Labute approximate surface area is 161 Å². The number of rotatable bonds is 10. The Kier molecular flexibility index (Phi) is 11.0. The zero-order valence-electron chi connectivity index (χ0n) is 17.4. The standard InChI is InChI=1S/C19H32N2O6/c1-8-20(9-2)17(23)14(6)26-16(22)12-13(5)19(25)27-15(7)18(24)21(10-3)11-4/h12,14-15H,8-11H2,1-7H3/b13-12+/t14-,15-/m0/s1. The van der Waals surface area contributed by atoms with Gasteiger partial charge in [-0.05, 0) is 48.5 Å². The predicted molar refractivity (Wildman–Crippen MR) is 101 cm³/mol. The number of ether oxygens (including phenoxy) is 2. The van der Waals surface area contributed by atoms with Crippen LogP contribution in [0.15, 0.2) is 11.6 Å². The number of carbonyl (C=O) groups is 4. The van der Waals surface area contributed by atoms with E-state index in [2.05, 4.69) is 0 Å². The molecule has 2 amide bonds. The van der Waals surface area contributed by atoms with Crippen LogP contribution in [0, 0.1) is 0 Å². The van der Waals surface area contributed by atoms with Crippen LogP contribution in [-0.2, 0) is 28.7 Å². The van der Waals surface area contributed by atoms with Crippen LogP contribution < -0.4 is 0 Å². The lowest BCUT2D eigenvalue weighted by Gasteiger charge is -2.23. The SMILES string of the molecule is CCN(CC)C(=O)[C@H](C)OC(=O)/C=C(\C)C(=O)O[C@@H](C)C(=O)N(CC)CC. The zero-order valence-corrected chi connectivity index (χ0v) is 17.4. The summed E-state index contributed by atoms with van der Waals surface area (Å²) in [6.07, 6.45) is -0.955. The van der Waals surface area contributed by atoms with Gasteiger partial charge in [0.25, 0.3) is 11.8 Å². The highest BCUT2D eigenvalue weighted by atomic mass is 16.6. The third-order valence-corrected chi connectivity index (χ3v) is 4.08. The molecule has 0 bridgehead atoms. The fraction of sp³-hybridized carbons (Fsp3) is 0.684. The lowest BCUT2D eigenvalue weighted by atomic mass is 10.2. The fourth-order valence-electron chi connectivity index (χ4n) is 2.38. The maximum absolute atomic E-state index is 12.1. The van der Waals surface area contributed by atoms with Gasteiger partial charge >= 0.3 is 11.9 Å². The monoisotopic (exact) mass is 384 g/mol. The first kappa shape index (κ1) is 24.6. The van der Waals surface area contributed by atoms with Crippen molar-refractivity contribution in [3.05, 3.63) is 11.6 Å². The van der Waals surface area contributed by atoms with Gasteiger partial charge in [-0.3, -0.25) is 9.59 Å². The van der Waals surface area contributed by atoms with Crippen molar-refractivity contribution in [2.75, 3.05) is 26.2 Å². The van der Waals surface area contributed by atoms with Crippen molar-refractivity contribution in [1.82, 2.24) is 9.80 Å². The molecule has 0 aliphatic carbocycles. The number of esters is 2. The molecule has 0 fully saturated rings. The molecule has 0 saturated heterocycles. The van der Waals surface area contributed by atoms with Crippen LogP contribution in [-0.4, -0.2) is 71.9 Å². The third-order valence-electron chi connectivity index (χ3n) is 4.08. The molecule has 0 spiro atoms. The summed E-state index contributed by atoms with van der Waals surface area (Å²) in [4.78, 5) is 51.3. The highest BCUT2D eigenvalue weighted by Gasteiger charge is 2.24. The Morgan fingerprint density at radius 3 is 1.52 bits per heavy atom. The number of carbonyl (C=O) groups excluding carboxylic acids is 4. The van der Waals surface area contributed by atoms with E-state index < -0.39 is 24.1 Å². The molecular formula is C19H32N2O6. The summed E-state index contributed by atoms with van der Waals surface area (Å²) in [6, 6.07) is 0. The van der Waals surface area contributed by atoms with Gasteiger partial charge in [0.1, 0.15) is 0 Å². The molecule has 8 nitrogen and oxygen atoms in total. The zero-order chi connectivity index (χ0) is 21.1. The first-order valence-corrected chi connectivity index (χ1v) is 9.30. The van der Waals surface area contributed by atoms with E-state index in [4.69, 9.17) is 9.47 Å². The number of hydrogen-bond donors (Lipinski definition) is 0. The fourth-order valence-corrected chi connectivity index (χ4v) is 2.38. The number of amides is 2. The van der Waals surface area contributed by atoms with Gasteiger partial charge in [-0.2, -0.15) is 0 Å². The van der Waals surface area contributed by atoms with Gasteiger partial charge in [0.05, 0.1) is 0 Å². The normalized spacial score (nSPS) is 13.4. The smallest absolute Gasteiger partial charge is 0.334 e. The van der Waals surface area contributed by atoms with Crippen molar-refractivity contribution in [2.45, 2.75) is 60.7 Å². The largest absolute Gasteiger partial charge is 0.449 e. The Morgan fingerprint density at radius 1 is 0.778 bits per heavy atom. The lowest BCUT2D eigenvalue weighted by Crippen LogP contribution is -2.40. The van der Waals surface area contributed by atoms with E-state index in [1.54, 1.807) is 9.80 Å². The van der Waals surface area contributed by atoms with Crippen molar-refractivity contribution in [1.29, 1.82) is 0 Å². The molecule has 2 atom stereocenters. The first-order valence-electron chi connectivity index (χ1n) is 9.30. The van der Waals surface area contributed by atoms with Gasteiger partial charge < -0.3 is 19.3 Å². The molecule has 0 aromatic carbocycles. The van der Waals surface area contributed by atoms with Crippen molar-refractivity contribution in [3.8, 4) is 0 Å². The second-order valence-electron chi connectivity index (χ2n) is 5.98. The van der Waals surface area contributed by atoms with Gasteiger partial charge in [-0.25, -0.2) is 9.59 Å². The second kappa shape index (κ2) is 12.1. The Hall–Kier alpha value is -2.38. The minimum atomic E-state index is -0.958. The molecular weight excluding hydrogens is 352 g/mol. The van der Waals surface area contributed by atoms with E-state index in [0.29, 0.717) is 26.2 Å². The lowest BCUT2D eigenvalue weighted by molar-refractivity contribution is -0.156. The van der Waals surface area contributed by atoms with Crippen LogP contribution in [0.25, 0.3) is 0 Å². The van der Waals surface area contributed by atoms with Crippen molar-refractivity contribution >= 4 is 23.8 Å². The van der Waals surface area contributed by atoms with Crippen LogP contribution in [0.3, 0.4) is 0 Å². The second-order valence-corrected chi connectivity index (χ2v) is 5.98. The van der Waals surface area contributed by atoms with E-state index >= 15 is 0 Å². The average molecular weight is 384 g/mol. The number of hydrogen-bond acceptors (Lipinski definition) is 6. The van der Waals surface area contributed by atoms with Gasteiger partial charge in [0.2, 0.25) is 0 Å². The van der Waals surface area contributed by atoms with Gasteiger partial charge in [0.15, 0.2) is 12.2 Å². The summed E-state index contributed by atoms with van der Waals surface area (Å²) in [5.41, 5.74) is -0.0123. The minimum absolute atomic E-state index is 0.0123. The molecule has 0 aliphatic rings. The Balaban J connectivity index is 4.82. The highest BCUT2D eigenvalue weighted by Crippen LogP contribution is 2.06. The van der Waals surface area contributed by atoms with Crippen LogP contribution in [0.2, 0.25) is 0 Å². The molecule has 0 aromatic heterocycles. The molecule has 8 heteroatoms. The molecule has 154 valence electrons. The highest BCUT2D eigenvalue weighted by molar-refractivity contribution is 5.97. The third kappa shape index (κ3) is 7.80. The molecule has 0 rings (SSSR count). The molecule has 0 radical (unpaired) electrons. The summed E-state index contributed by atoms with van der Waals surface area (Å²) in [7, 11) is 0. The summed E-state index contributed by atoms with van der Waals surface area (Å²) in [6.45, 7) is 13.7. The van der Waals surface area contributed by atoms with Crippen molar-refractivity contribution in [2.24, 2.45) is 0 Å². The maximum Gasteiger partial charge on any atom is 0.334 e. The van der Waals surface area contributed by atoms with Crippen LogP contribution in [0.1, 0.15) is 48.5 Å². The number of nitrogens with zero attached hydrogens (tertiary/aromatic N) is 2. The van der Waals surface area contributed by atoms with E-state index in [1.165, 1.54) is 20.8 Å². The Bertz CT molecular complexity index is 565. The summed E-state index contributed by atoms with van der Waals surface area (Å²) in [5, 5.41) is 0. The maximum atomic E-state index is 12.1. The average Bonchev–Trinajstić information content (AvgIpc) is 2.62. The van der Waals surface area contributed by atoms with E-state index in [0.717, 1.165) is 6.08 Å². The first-order chi connectivity index (χ1) is 12.6. The van der Waals surface area contributed by atoms with E-state index in [-0.39, 0.29) is 17.4 Å². The quantitative estimate of drug-likeness (QED) is 0.419. The van der Waals surface area contributed by atoms with Crippen LogP contribution >= 0.6 is 0 Å².